The van der Waals surface area contributed by atoms with Gasteiger partial charge in [-0.25, -0.2) is 0 Å². The van der Waals surface area contributed by atoms with Crippen molar-refractivity contribution >= 4 is 11.8 Å². The highest BCUT2D eigenvalue weighted by Gasteiger charge is 2.14. The molecule has 2 aliphatic rings. The number of rotatable bonds is 0. The van der Waals surface area contributed by atoms with E-state index in [9.17, 15) is 0 Å². The minimum absolute atomic E-state index is 1.14. The lowest BCUT2D eigenvalue weighted by Gasteiger charge is -1.86. The molecule has 2 rings (SSSR count). The number of fused-ring (bicyclic) bond motifs is 1. The first-order chi connectivity index (χ1) is 4.36. The zero-order valence-electron chi connectivity index (χ0n) is 5.27. The average molecular weight is 135 g/mol. The van der Waals surface area contributed by atoms with Crippen molar-refractivity contribution in [2.75, 3.05) is 5.75 Å². The van der Waals surface area contributed by atoms with Gasteiger partial charge in [-0.3, -0.25) is 0 Å². The molecule has 1 aliphatic carbocycles. The quantitative estimate of drug-likeness (QED) is 0.491. The molecular formula is C8H7S. The number of hydrogen-bond acceptors (Lipinski definition) is 1. The molecule has 0 amide bonds. The molecule has 0 N–H and O–H groups in total. The third-order valence-electron chi connectivity index (χ3n) is 1.48. The molecule has 1 aliphatic heterocycles. The van der Waals surface area contributed by atoms with E-state index in [0.717, 1.165) is 5.75 Å². The Bertz CT molecular complexity index is 231. The topological polar surface area (TPSA) is 0 Å². The monoisotopic (exact) mass is 135 g/mol. The van der Waals surface area contributed by atoms with Crippen molar-refractivity contribution in [3.05, 3.63) is 34.3 Å². The summed E-state index contributed by atoms with van der Waals surface area (Å²) in [4.78, 5) is 1.34. The van der Waals surface area contributed by atoms with E-state index in [-0.39, 0.29) is 0 Å². The fourth-order valence-corrected chi connectivity index (χ4v) is 2.04. The Labute approximate surface area is 59.3 Å². The Balaban J connectivity index is 2.46. The molecule has 0 saturated heterocycles. The van der Waals surface area contributed by atoms with Gasteiger partial charge >= 0.3 is 0 Å². The zero-order chi connectivity index (χ0) is 6.27. The van der Waals surface area contributed by atoms with Gasteiger partial charge in [0, 0.05) is 16.7 Å². The van der Waals surface area contributed by atoms with Gasteiger partial charge < -0.3 is 0 Å². The van der Waals surface area contributed by atoms with Crippen molar-refractivity contribution in [2.24, 2.45) is 0 Å². The van der Waals surface area contributed by atoms with E-state index >= 15 is 0 Å². The first kappa shape index (κ1) is 5.36. The fourth-order valence-electron chi connectivity index (χ4n) is 1.07. The summed E-state index contributed by atoms with van der Waals surface area (Å²) in [5.74, 6) is 1.14. The maximum Gasteiger partial charge on any atom is 0.0226 e. The predicted octanol–water partition coefficient (Wildman–Crippen LogP) is 2.31. The Morgan fingerprint density at radius 2 is 2.56 bits per heavy atom. The molecule has 0 unspecified atom stereocenters. The molecule has 1 radical (unpaired) electrons. The molecule has 0 fully saturated rings. The highest BCUT2D eigenvalue weighted by molar-refractivity contribution is 8.03. The summed E-state index contributed by atoms with van der Waals surface area (Å²) in [5.41, 5.74) is 2.65. The third-order valence-corrected chi connectivity index (χ3v) is 2.44. The van der Waals surface area contributed by atoms with E-state index in [1.807, 2.05) is 11.8 Å². The van der Waals surface area contributed by atoms with Crippen molar-refractivity contribution in [2.45, 2.75) is 6.92 Å². The Morgan fingerprint density at radius 3 is 3.33 bits per heavy atom. The van der Waals surface area contributed by atoms with Gasteiger partial charge in [0.05, 0.1) is 0 Å². The molecule has 0 nitrogen and oxygen atoms in total. The van der Waals surface area contributed by atoms with Crippen LogP contribution in [0.1, 0.15) is 6.92 Å². The van der Waals surface area contributed by atoms with Gasteiger partial charge in [-0.2, -0.15) is 0 Å². The van der Waals surface area contributed by atoms with Crippen LogP contribution in [0.4, 0.5) is 0 Å². The summed E-state index contributed by atoms with van der Waals surface area (Å²) in [5, 5.41) is 0. The summed E-state index contributed by atoms with van der Waals surface area (Å²) < 4.78 is 0. The third kappa shape index (κ3) is 0.761. The van der Waals surface area contributed by atoms with Crippen LogP contribution in [0.5, 0.6) is 0 Å². The fraction of sp³-hybridized carbons (Fsp3) is 0.250. The second-order valence-electron chi connectivity index (χ2n) is 2.25. The Hall–Kier alpha value is -0.430. The van der Waals surface area contributed by atoms with E-state index < -0.39 is 0 Å². The van der Waals surface area contributed by atoms with Crippen LogP contribution in [0.25, 0.3) is 0 Å². The van der Waals surface area contributed by atoms with Gasteiger partial charge in [0.15, 0.2) is 0 Å². The largest absolute Gasteiger partial charge is 0.121 e. The lowest BCUT2D eigenvalue weighted by Crippen LogP contribution is -1.63. The zero-order valence-corrected chi connectivity index (χ0v) is 6.09. The van der Waals surface area contributed by atoms with Crippen molar-refractivity contribution < 1.29 is 0 Å². The molecule has 9 heavy (non-hydrogen) atoms. The van der Waals surface area contributed by atoms with Crippen LogP contribution in [0.3, 0.4) is 0 Å². The summed E-state index contributed by atoms with van der Waals surface area (Å²) in [6.07, 6.45) is 7.73. The SMILES string of the molecule is CC1=CC2=CCSC2=[C]1. The molecule has 0 aromatic heterocycles. The Kier molecular flexibility index (Phi) is 1.06. The smallest absolute Gasteiger partial charge is 0.0226 e. The van der Waals surface area contributed by atoms with E-state index in [2.05, 4.69) is 25.2 Å². The van der Waals surface area contributed by atoms with Gasteiger partial charge in [-0.1, -0.05) is 12.2 Å². The van der Waals surface area contributed by atoms with Gasteiger partial charge in [0.25, 0.3) is 0 Å². The lowest BCUT2D eigenvalue weighted by atomic mass is 10.3. The van der Waals surface area contributed by atoms with Gasteiger partial charge in [-0.15, -0.1) is 11.8 Å². The maximum absolute atomic E-state index is 3.29. The van der Waals surface area contributed by atoms with Crippen LogP contribution in [0, 0.1) is 6.08 Å². The summed E-state index contributed by atoms with van der Waals surface area (Å²) in [6.45, 7) is 2.09. The van der Waals surface area contributed by atoms with Crippen molar-refractivity contribution in [3.63, 3.8) is 0 Å². The van der Waals surface area contributed by atoms with Crippen molar-refractivity contribution in [1.82, 2.24) is 0 Å². The summed E-state index contributed by atoms with van der Waals surface area (Å²) >= 11 is 1.88. The van der Waals surface area contributed by atoms with Crippen LogP contribution >= 0.6 is 11.8 Å². The molecule has 0 spiro atoms. The van der Waals surface area contributed by atoms with Crippen molar-refractivity contribution in [3.8, 4) is 0 Å². The summed E-state index contributed by atoms with van der Waals surface area (Å²) in [7, 11) is 0. The van der Waals surface area contributed by atoms with Gasteiger partial charge in [0.2, 0.25) is 0 Å². The molecule has 0 aromatic rings. The lowest BCUT2D eigenvalue weighted by molar-refractivity contribution is 1.52. The number of thioether (sulfide) groups is 1. The van der Waals surface area contributed by atoms with E-state index in [1.165, 1.54) is 16.1 Å². The van der Waals surface area contributed by atoms with Crippen LogP contribution in [0.2, 0.25) is 0 Å². The van der Waals surface area contributed by atoms with Gasteiger partial charge in [-0.05, 0) is 18.1 Å². The average Bonchev–Trinajstić information content (AvgIpc) is 2.22. The molecular weight excluding hydrogens is 128 g/mol. The molecule has 1 heterocycles. The molecule has 0 bridgehead atoms. The molecule has 0 saturated carbocycles. The molecule has 0 aromatic carbocycles. The number of hydrogen-bond donors (Lipinski definition) is 0. The Morgan fingerprint density at radius 1 is 1.67 bits per heavy atom. The molecule has 0 atom stereocenters. The van der Waals surface area contributed by atoms with Crippen LogP contribution in [0.15, 0.2) is 28.2 Å². The van der Waals surface area contributed by atoms with Crippen LogP contribution in [-0.2, 0) is 0 Å². The normalized spacial score (nSPS) is 23.0. The first-order valence-electron chi connectivity index (χ1n) is 3.02. The molecule has 45 valence electrons. The summed E-state index contributed by atoms with van der Waals surface area (Å²) in [6, 6.07) is 0. The standard InChI is InChI=1S/C8H7S/c1-6-4-7-2-3-9-8(7)5-6/h2,4H,3H2,1H3. The van der Waals surface area contributed by atoms with E-state index in [1.54, 1.807) is 0 Å². The highest BCUT2D eigenvalue weighted by Crippen LogP contribution is 2.36. The molecule has 1 heteroatoms. The van der Waals surface area contributed by atoms with Gasteiger partial charge in [0.1, 0.15) is 0 Å². The second-order valence-corrected chi connectivity index (χ2v) is 3.28. The minimum atomic E-state index is 1.14. The van der Waals surface area contributed by atoms with E-state index in [4.69, 9.17) is 0 Å². The van der Waals surface area contributed by atoms with Crippen LogP contribution < -0.4 is 0 Å². The highest BCUT2D eigenvalue weighted by atomic mass is 32.2. The van der Waals surface area contributed by atoms with Crippen molar-refractivity contribution in [1.29, 1.82) is 0 Å². The minimum Gasteiger partial charge on any atom is -0.121 e. The number of allylic oxidation sites excluding steroid dienone is 4. The van der Waals surface area contributed by atoms with Crippen LogP contribution in [-0.4, -0.2) is 5.75 Å². The van der Waals surface area contributed by atoms with E-state index in [0.29, 0.717) is 0 Å². The first-order valence-corrected chi connectivity index (χ1v) is 4.00. The predicted molar refractivity (Wildman–Crippen MR) is 41.1 cm³/mol. The maximum atomic E-state index is 3.29. The second kappa shape index (κ2) is 1.77.